The lowest BCUT2D eigenvalue weighted by atomic mass is 9.96. The van der Waals surface area contributed by atoms with Gasteiger partial charge in [-0.3, -0.25) is 9.78 Å². The average Bonchev–Trinajstić information content (AvgIpc) is 2.75. The van der Waals surface area contributed by atoms with Gasteiger partial charge in [0.15, 0.2) is 0 Å². The van der Waals surface area contributed by atoms with Crippen LogP contribution in [0.3, 0.4) is 0 Å². The molecular weight excluding hydrogens is 352 g/mol. The fourth-order valence-electron chi connectivity index (χ4n) is 3.61. The van der Waals surface area contributed by atoms with Crippen molar-refractivity contribution in [3.05, 3.63) is 41.9 Å². The highest BCUT2D eigenvalue weighted by molar-refractivity contribution is 5.79. The molecule has 7 heteroatoms. The van der Waals surface area contributed by atoms with Crippen LogP contribution in [0.15, 0.2) is 30.7 Å². The first-order valence-electron chi connectivity index (χ1n) is 10.1. The highest BCUT2D eigenvalue weighted by Crippen LogP contribution is 2.24. The van der Waals surface area contributed by atoms with Crippen LogP contribution in [0.25, 0.3) is 0 Å². The van der Waals surface area contributed by atoms with E-state index in [0.717, 1.165) is 49.4 Å². The Bertz CT molecular complexity index is 778. The lowest BCUT2D eigenvalue weighted by molar-refractivity contribution is -0.135. The Balaban J connectivity index is 1.69. The van der Waals surface area contributed by atoms with Crippen LogP contribution >= 0.6 is 0 Å². The Morgan fingerprint density at radius 2 is 2.14 bits per heavy atom. The van der Waals surface area contributed by atoms with Crippen molar-refractivity contribution in [2.24, 2.45) is 5.92 Å². The summed E-state index contributed by atoms with van der Waals surface area (Å²) in [7, 11) is 0. The van der Waals surface area contributed by atoms with Crippen molar-refractivity contribution in [1.29, 1.82) is 0 Å². The van der Waals surface area contributed by atoms with E-state index in [2.05, 4.69) is 20.2 Å². The van der Waals surface area contributed by atoms with Crippen LogP contribution in [-0.4, -0.2) is 51.9 Å². The number of piperidine rings is 1. The molecule has 0 saturated carbocycles. The van der Waals surface area contributed by atoms with Crippen molar-refractivity contribution < 1.29 is 4.79 Å². The topological polar surface area (TPSA) is 74.2 Å². The van der Waals surface area contributed by atoms with Gasteiger partial charge in [-0.05, 0) is 45.2 Å². The molecule has 1 aliphatic rings. The van der Waals surface area contributed by atoms with Gasteiger partial charge in [-0.2, -0.15) is 4.98 Å². The molecular formula is C21H30N6O. The monoisotopic (exact) mass is 382 g/mol. The third kappa shape index (κ3) is 4.77. The summed E-state index contributed by atoms with van der Waals surface area (Å²) in [5.74, 6) is 1.78. The largest absolute Gasteiger partial charge is 0.366 e. The zero-order chi connectivity index (χ0) is 19.9. The second-order valence-electron chi connectivity index (χ2n) is 7.21. The van der Waals surface area contributed by atoms with Crippen molar-refractivity contribution in [2.45, 2.75) is 40.2 Å². The average molecular weight is 383 g/mol. The lowest BCUT2D eigenvalue weighted by Crippen LogP contribution is -2.45. The maximum Gasteiger partial charge on any atom is 0.227 e. The molecule has 0 aliphatic carbocycles. The van der Waals surface area contributed by atoms with E-state index in [1.54, 1.807) is 6.20 Å². The fourth-order valence-corrected chi connectivity index (χ4v) is 3.61. The second kappa shape index (κ2) is 9.48. The molecule has 28 heavy (non-hydrogen) atoms. The van der Waals surface area contributed by atoms with Crippen LogP contribution in [0.2, 0.25) is 0 Å². The number of nitrogens with zero attached hydrogens (tertiary/aromatic N) is 5. The van der Waals surface area contributed by atoms with Crippen LogP contribution in [0, 0.1) is 12.8 Å². The third-order valence-corrected chi connectivity index (χ3v) is 5.27. The van der Waals surface area contributed by atoms with E-state index in [-0.39, 0.29) is 11.8 Å². The van der Waals surface area contributed by atoms with Gasteiger partial charge in [-0.25, -0.2) is 4.98 Å². The molecule has 3 rings (SSSR count). The molecule has 0 radical (unpaired) electrons. The number of aromatic nitrogens is 3. The van der Waals surface area contributed by atoms with Crippen molar-refractivity contribution >= 4 is 17.7 Å². The predicted octanol–water partition coefficient (Wildman–Crippen LogP) is 2.88. The Morgan fingerprint density at radius 1 is 1.32 bits per heavy atom. The number of carbonyl (C=O) groups excluding carboxylic acids is 1. The SMILES string of the molecule is CCN(CC)C(=O)C1CCCN(c2ncc(C)c(NCc3cccnc3)n2)C1. The number of hydrogen-bond acceptors (Lipinski definition) is 6. The number of carbonyl (C=O) groups is 1. The summed E-state index contributed by atoms with van der Waals surface area (Å²) >= 11 is 0. The number of nitrogens with one attached hydrogen (secondary N) is 1. The summed E-state index contributed by atoms with van der Waals surface area (Å²) in [6.07, 6.45) is 7.38. The van der Waals surface area contributed by atoms with Gasteiger partial charge in [0.1, 0.15) is 5.82 Å². The fraction of sp³-hybridized carbons (Fsp3) is 0.524. The van der Waals surface area contributed by atoms with Crippen LogP contribution in [0.4, 0.5) is 11.8 Å². The Hall–Kier alpha value is -2.70. The number of rotatable bonds is 7. The summed E-state index contributed by atoms with van der Waals surface area (Å²) in [5.41, 5.74) is 2.10. The van der Waals surface area contributed by atoms with Crippen LogP contribution in [0.5, 0.6) is 0 Å². The second-order valence-corrected chi connectivity index (χ2v) is 7.21. The van der Waals surface area contributed by atoms with E-state index in [9.17, 15) is 4.79 Å². The smallest absolute Gasteiger partial charge is 0.227 e. The molecule has 7 nitrogen and oxygen atoms in total. The summed E-state index contributed by atoms with van der Waals surface area (Å²) < 4.78 is 0. The van der Waals surface area contributed by atoms with E-state index >= 15 is 0 Å². The molecule has 150 valence electrons. The zero-order valence-electron chi connectivity index (χ0n) is 17.1. The Morgan fingerprint density at radius 3 is 2.86 bits per heavy atom. The molecule has 1 aliphatic heterocycles. The van der Waals surface area contributed by atoms with E-state index in [1.165, 1.54) is 0 Å². The quantitative estimate of drug-likeness (QED) is 0.794. The molecule has 1 saturated heterocycles. The van der Waals surface area contributed by atoms with Gasteiger partial charge >= 0.3 is 0 Å². The minimum atomic E-state index is 0.0188. The minimum absolute atomic E-state index is 0.0188. The highest BCUT2D eigenvalue weighted by Gasteiger charge is 2.29. The van der Waals surface area contributed by atoms with Gasteiger partial charge in [0.25, 0.3) is 0 Å². The van der Waals surface area contributed by atoms with Gasteiger partial charge in [0.2, 0.25) is 11.9 Å². The normalized spacial score (nSPS) is 16.7. The van der Waals surface area contributed by atoms with Crippen molar-refractivity contribution in [3.63, 3.8) is 0 Å². The molecule has 0 bridgehead atoms. The predicted molar refractivity (Wildman–Crippen MR) is 111 cm³/mol. The van der Waals surface area contributed by atoms with Crippen molar-refractivity contribution in [3.8, 4) is 0 Å². The maximum atomic E-state index is 12.8. The summed E-state index contributed by atoms with van der Waals surface area (Å²) in [6.45, 7) is 9.81. The molecule has 1 N–H and O–H groups in total. The molecule has 1 amide bonds. The maximum absolute atomic E-state index is 12.8. The molecule has 1 fully saturated rings. The van der Waals surface area contributed by atoms with Crippen LogP contribution in [0.1, 0.15) is 37.8 Å². The molecule has 1 unspecified atom stereocenters. The standard InChI is InChI=1S/C21H30N6O/c1-4-26(5-2)20(28)18-9-7-11-27(15-18)21-24-12-16(3)19(25-21)23-14-17-8-6-10-22-13-17/h6,8,10,12-13,18H,4-5,7,9,11,14-15H2,1-3H3,(H,23,24,25). The Labute approximate surface area is 167 Å². The molecule has 0 aromatic carbocycles. The van der Waals surface area contributed by atoms with Crippen LogP contribution in [-0.2, 0) is 11.3 Å². The summed E-state index contributed by atoms with van der Waals surface area (Å²) in [4.78, 5) is 30.3. The molecule has 1 atom stereocenters. The molecule has 0 spiro atoms. The van der Waals surface area contributed by atoms with Gasteiger partial charge in [0.05, 0.1) is 5.92 Å². The molecule has 2 aromatic heterocycles. The van der Waals surface area contributed by atoms with Crippen LogP contribution < -0.4 is 10.2 Å². The van der Waals surface area contributed by atoms with Crippen molar-refractivity contribution in [2.75, 3.05) is 36.4 Å². The van der Waals surface area contributed by atoms with E-state index in [4.69, 9.17) is 4.98 Å². The number of amides is 1. The van der Waals surface area contributed by atoms with Gasteiger partial charge in [0, 0.05) is 56.9 Å². The van der Waals surface area contributed by atoms with E-state index in [1.807, 2.05) is 50.2 Å². The summed E-state index contributed by atoms with van der Waals surface area (Å²) in [5, 5.41) is 3.39. The third-order valence-electron chi connectivity index (χ3n) is 5.27. The number of pyridine rings is 1. The lowest BCUT2D eigenvalue weighted by Gasteiger charge is -2.34. The Kier molecular flexibility index (Phi) is 6.79. The van der Waals surface area contributed by atoms with Gasteiger partial charge in [-0.15, -0.1) is 0 Å². The number of aryl methyl sites for hydroxylation is 1. The first kappa shape index (κ1) is 20.0. The van der Waals surface area contributed by atoms with Crippen molar-refractivity contribution in [1.82, 2.24) is 19.9 Å². The highest BCUT2D eigenvalue weighted by atomic mass is 16.2. The molecule has 2 aromatic rings. The van der Waals surface area contributed by atoms with Gasteiger partial charge in [-0.1, -0.05) is 6.07 Å². The summed E-state index contributed by atoms with van der Waals surface area (Å²) in [6, 6.07) is 3.96. The van der Waals surface area contributed by atoms with Gasteiger partial charge < -0.3 is 15.1 Å². The first-order valence-corrected chi connectivity index (χ1v) is 10.1. The first-order chi connectivity index (χ1) is 13.6. The van der Waals surface area contributed by atoms with E-state index in [0.29, 0.717) is 19.0 Å². The molecule has 3 heterocycles. The van der Waals surface area contributed by atoms with E-state index < -0.39 is 0 Å². The number of hydrogen-bond donors (Lipinski definition) is 1. The zero-order valence-corrected chi connectivity index (χ0v) is 17.1. The minimum Gasteiger partial charge on any atom is -0.366 e. The number of anilines is 2.